The number of carbonyl (C=O) groups excluding carboxylic acids is 2. The molecule has 0 spiro atoms. The van der Waals surface area contributed by atoms with Gasteiger partial charge in [-0.2, -0.15) is 13.2 Å². The smallest absolute Gasteiger partial charge is 0.420 e. The third-order valence-electron chi connectivity index (χ3n) is 6.93. The number of benzene rings is 2. The van der Waals surface area contributed by atoms with Gasteiger partial charge in [-0.25, -0.2) is 8.78 Å². The molecule has 5 rings (SSSR count). The molecular formula is C30H24F5N3O3. The van der Waals surface area contributed by atoms with Crippen LogP contribution in [-0.2, 0) is 17.4 Å². The Morgan fingerprint density at radius 2 is 1.73 bits per heavy atom. The molecule has 11 heteroatoms. The molecule has 2 N–H and O–H groups in total. The van der Waals surface area contributed by atoms with E-state index < -0.39 is 42.3 Å². The lowest BCUT2D eigenvalue weighted by Gasteiger charge is -2.31. The monoisotopic (exact) mass is 569 g/mol. The molecule has 0 unspecified atom stereocenters. The fourth-order valence-electron chi connectivity index (χ4n) is 4.76. The van der Waals surface area contributed by atoms with Crippen LogP contribution in [0.5, 0.6) is 0 Å². The van der Waals surface area contributed by atoms with Gasteiger partial charge in [0.25, 0.3) is 11.8 Å². The SMILES string of the molecule is NC(=O)C(=Cc1cccnc1)Cc1cc2cc(-c3ccc(C(=O)N4CCC(F)(F)CC4)cc3)cc(C(F)(F)F)c2o1. The van der Waals surface area contributed by atoms with Crippen LogP contribution >= 0.6 is 0 Å². The van der Waals surface area contributed by atoms with E-state index in [4.69, 9.17) is 10.2 Å². The maximum absolute atomic E-state index is 14.1. The average molecular weight is 570 g/mol. The summed E-state index contributed by atoms with van der Waals surface area (Å²) < 4.78 is 74.7. The molecule has 2 aromatic carbocycles. The van der Waals surface area contributed by atoms with Gasteiger partial charge in [0.05, 0.1) is 5.56 Å². The number of furan rings is 1. The first-order chi connectivity index (χ1) is 19.4. The van der Waals surface area contributed by atoms with Gasteiger partial charge < -0.3 is 15.1 Å². The van der Waals surface area contributed by atoms with E-state index in [-0.39, 0.29) is 52.9 Å². The second kappa shape index (κ2) is 10.8. The van der Waals surface area contributed by atoms with Crippen molar-refractivity contribution in [3.05, 3.63) is 95.0 Å². The Morgan fingerprint density at radius 3 is 2.34 bits per heavy atom. The van der Waals surface area contributed by atoms with Gasteiger partial charge in [0, 0.05) is 61.3 Å². The van der Waals surface area contributed by atoms with Gasteiger partial charge >= 0.3 is 6.18 Å². The van der Waals surface area contributed by atoms with Gasteiger partial charge in [0.2, 0.25) is 5.91 Å². The molecule has 0 aliphatic carbocycles. The lowest BCUT2D eigenvalue weighted by molar-refractivity contribution is -0.136. The zero-order chi connectivity index (χ0) is 29.4. The second-order valence-corrected chi connectivity index (χ2v) is 9.88. The first-order valence-electron chi connectivity index (χ1n) is 12.7. The predicted octanol–water partition coefficient (Wildman–Crippen LogP) is 6.50. The van der Waals surface area contributed by atoms with Gasteiger partial charge in [-0.1, -0.05) is 18.2 Å². The standard InChI is InChI=1S/C30H24F5N3O3/c31-29(32)7-10-38(11-8-29)28(40)20-5-3-19(4-6-20)21-13-22-14-24(41-26(22)25(16-21)30(33,34)35)15-23(27(36)39)12-18-2-1-9-37-17-18/h1-6,9,12-14,16-17H,7-8,10-11,15H2,(H2,36,39). The highest BCUT2D eigenvalue weighted by Crippen LogP contribution is 2.40. The highest BCUT2D eigenvalue weighted by Gasteiger charge is 2.36. The van der Waals surface area contributed by atoms with Gasteiger partial charge in [0.15, 0.2) is 0 Å². The van der Waals surface area contributed by atoms with Crippen molar-refractivity contribution in [2.45, 2.75) is 31.4 Å². The maximum atomic E-state index is 14.1. The van der Waals surface area contributed by atoms with Crippen LogP contribution in [-0.4, -0.2) is 40.7 Å². The van der Waals surface area contributed by atoms with E-state index in [0.29, 0.717) is 11.1 Å². The first-order valence-corrected chi connectivity index (χ1v) is 12.7. The van der Waals surface area contributed by atoms with E-state index >= 15 is 0 Å². The van der Waals surface area contributed by atoms with E-state index in [0.717, 1.165) is 6.07 Å². The Labute approximate surface area is 231 Å². The first kappa shape index (κ1) is 28.0. The second-order valence-electron chi connectivity index (χ2n) is 9.88. The molecule has 2 aromatic heterocycles. The van der Waals surface area contributed by atoms with Crippen LogP contribution in [0.2, 0.25) is 0 Å². The van der Waals surface area contributed by atoms with Crippen molar-refractivity contribution >= 4 is 28.9 Å². The van der Waals surface area contributed by atoms with Crippen molar-refractivity contribution in [2.24, 2.45) is 5.73 Å². The number of aromatic nitrogens is 1. The van der Waals surface area contributed by atoms with Crippen LogP contribution < -0.4 is 5.73 Å². The van der Waals surface area contributed by atoms with E-state index in [9.17, 15) is 31.5 Å². The predicted molar refractivity (Wildman–Crippen MR) is 142 cm³/mol. The zero-order valence-corrected chi connectivity index (χ0v) is 21.6. The maximum Gasteiger partial charge on any atom is 0.420 e. The summed E-state index contributed by atoms with van der Waals surface area (Å²) in [5.41, 5.74) is 5.75. The largest absolute Gasteiger partial charge is 0.460 e. The Morgan fingerprint density at radius 1 is 1.02 bits per heavy atom. The minimum absolute atomic E-state index is 0.0725. The molecule has 41 heavy (non-hydrogen) atoms. The minimum atomic E-state index is -4.74. The number of likely N-dealkylation sites (tertiary alicyclic amines) is 1. The average Bonchev–Trinajstić information content (AvgIpc) is 3.34. The van der Waals surface area contributed by atoms with Crippen molar-refractivity contribution in [3.63, 3.8) is 0 Å². The Balaban J connectivity index is 1.45. The molecule has 1 aliphatic rings. The number of amides is 2. The fourth-order valence-corrected chi connectivity index (χ4v) is 4.76. The molecular weight excluding hydrogens is 545 g/mol. The molecule has 3 heterocycles. The normalized spacial score (nSPS) is 15.7. The van der Waals surface area contributed by atoms with Gasteiger partial charge in [0.1, 0.15) is 11.3 Å². The van der Waals surface area contributed by atoms with Crippen molar-refractivity contribution in [3.8, 4) is 11.1 Å². The molecule has 1 saturated heterocycles. The summed E-state index contributed by atoms with van der Waals surface area (Å²) in [6.45, 7) is -0.145. The summed E-state index contributed by atoms with van der Waals surface area (Å²) in [4.78, 5) is 30.1. The molecule has 212 valence electrons. The van der Waals surface area contributed by atoms with E-state index in [1.807, 2.05) is 0 Å². The molecule has 0 saturated carbocycles. The van der Waals surface area contributed by atoms with Crippen LogP contribution in [0.3, 0.4) is 0 Å². The van der Waals surface area contributed by atoms with Gasteiger partial charge in [-0.15, -0.1) is 0 Å². The summed E-state index contributed by atoms with van der Waals surface area (Å²) in [5, 5.41) is 0.171. The Kier molecular flexibility index (Phi) is 7.37. The molecule has 1 fully saturated rings. The minimum Gasteiger partial charge on any atom is -0.460 e. The number of piperidine rings is 1. The van der Waals surface area contributed by atoms with Crippen LogP contribution in [0.4, 0.5) is 22.0 Å². The Hall–Kier alpha value is -4.54. The zero-order valence-electron chi connectivity index (χ0n) is 21.6. The van der Waals surface area contributed by atoms with E-state index in [2.05, 4.69) is 4.98 Å². The number of hydrogen-bond donors (Lipinski definition) is 1. The summed E-state index contributed by atoms with van der Waals surface area (Å²) in [5.74, 6) is -3.84. The number of rotatable bonds is 6. The third kappa shape index (κ3) is 6.29. The van der Waals surface area contributed by atoms with Crippen molar-refractivity contribution in [1.29, 1.82) is 0 Å². The van der Waals surface area contributed by atoms with E-state index in [1.165, 1.54) is 53.6 Å². The van der Waals surface area contributed by atoms with Crippen LogP contribution in [0, 0.1) is 0 Å². The summed E-state index contributed by atoms with van der Waals surface area (Å²) >= 11 is 0. The summed E-state index contributed by atoms with van der Waals surface area (Å²) in [7, 11) is 0. The molecule has 0 bridgehead atoms. The highest BCUT2D eigenvalue weighted by molar-refractivity contribution is 5.97. The number of nitrogens with zero attached hydrogens (tertiary/aromatic N) is 2. The van der Waals surface area contributed by atoms with Crippen molar-refractivity contribution in [2.75, 3.05) is 13.1 Å². The number of carbonyl (C=O) groups is 2. The quantitative estimate of drug-likeness (QED) is 0.212. The molecule has 1 aliphatic heterocycles. The number of hydrogen-bond acceptors (Lipinski definition) is 4. The number of primary amides is 1. The number of halogens is 5. The molecule has 6 nitrogen and oxygen atoms in total. The number of fused-ring (bicyclic) bond motifs is 1. The molecule has 0 atom stereocenters. The Bertz CT molecular complexity index is 1620. The van der Waals surface area contributed by atoms with Crippen LogP contribution in [0.25, 0.3) is 28.2 Å². The lowest BCUT2D eigenvalue weighted by Crippen LogP contribution is -2.42. The topological polar surface area (TPSA) is 89.4 Å². The number of nitrogens with two attached hydrogens (primary N) is 1. The number of alkyl halides is 5. The highest BCUT2D eigenvalue weighted by atomic mass is 19.4. The lowest BCUT2D eigenvalue weighted by atomic mass is 9.98. The van der Waals surface area contributed by atoms with Crippen molar-refractivity contribution in [1.82, 2.24) is 9.88 Å². The van der Waals surface area contributed by atoms with Crippen LogP contribution in [0.1, 0.15) is 40.1 Å². The molecule has 0 radical (unpaired) electrons. The summed E-state index contributed by atoms with van der Waals surface area (Å²) in [6.07, 6.45) is -1.14. The summed E-state index contributed by atoms with van der Waals surface area (Å²) in [6, 6.07) is 13.2. The number of pyridine rings is 1. The van der Waals surface area contributed by atoms with Gasteiger partial charge in [-0.3, -0.25) is 14.6 Å². The molecule has 2 amide bonds. The van der Waals surface area contributed by atoms with Crippen molar-refractivity contribution < 1.29 is 36.0 Å². The van der Waals surface area contributed by atoms with Gasteiger partial charge in [-0.05, 0) is 59.2 Å². The molecule has 4 aromatic rings. The fraction of sp³-hybridized carbons (Fsp3) is 0.233. The third-order valence-corrected chi connectivity index (χ3v) is 6.93. The van der Waals surface area contributed by atoms with Crippen LogP contribution in [0.15, 0.2) is 77.0 Å². The van der Waals surface area contributed by atoms with E-state index in [1.54, 1.807) is 18.3 Å².